The fourth-order valence-corrected chi connectivity index (χ4v) is 19.4. The number of anilines is 1. The summed E-state index contributed by atoms with van der Waals surface area (Å²) in [6.07, 6.45) is -0.111. The molecule has 4 heterocycles. The molecule has 14 amide bonds. The Hall–Kier alpha value is -14.2. The molecule has 36 nitrogen and oxygen atoms in total. The number of imide groups is 1. The predicted molar refractivity (Wildman–Crippen MR) is 551 cm³/mol. The standard InChI is InChI=1S/C109H132ClN15O21S/c1-65(2)48-78(56-94(132)87(58-96(111)133)120-106(143)91(54-70-30-37-83(128)38-31-70)122(7)107(144)88(63-126)121-104(141)80(52-72-18-16-43-113-60-72)57-93(131)86(53-69-28-35-82(110)36-29-69)119-103(140)79(49-67(5)127)51-71-27-32-73-19-8-10-22-76(73)50-71)102(139)118-85(24-14-15-44-114-66(3)4)108(145)123-46-17-26-90(123)105(142)117-68(6)92(130)39-40-97(134)116-61-84(129)55-81(101(112)138)64-147-95-59-100(137)124(109(95)146)47-42-98(135)115-45-41-99(136)125-62-77-23-11-9-20-74(77)33-34-75-21-12-13-25-89(75)125/h8-13,16,18-23,25,27-32,35-38,43,50,60,65-66,68,78-81,85-88,90-91,95,114,126,128H,14-15,17,24,26,39-42,44-49,51-59,61-64H2,1-7H3,(H2,111,133)(H2,112,138)(H,115,135)(H,116,134)(H,117,142)(H,118,139)(H,119,140)(H,120,143)(H,121,141)/t68-,78-,79-,80+,81+,85+,86-,87-,88+,90+,91+,95?/m1/s1. The molecule has 0 saturated carbocycles. The number of carbonyl (C=O) groups excluding carboxylic acids is 19. The number of rotatable bonds is 58. The van der Waals surface area contributed by atoms with Crippen molar-refractivity contribution in [2.24, 2.45) is 41.1 Å². The highest BCUT2D eigenvalue weighted by molar-refractivity contribution is 8.00. The number of aromatic hydroxyl groups is 1. The molecular weight excluding hydrogens is 1920 g/mol. The number of unbranched alkanes of at least 4 members (excludes halogenated alkanes) is 1. The lowest BCUT2D eigenvalue weighted by molar-refractivity contribution is -0.144. The average molecular weight is 2060 g/mol. The molecule has 6 aromatic carbocycles. The summed E-state index contributed by atoms with van der Waals surface area (Å²) in [6.45, 7) is 9.14. The van der Waals surface area contributed by atoms with Crippen LogP contribution >= 0.6 is 23.4 Å². The van der Waals surface area contributed by atoms with E-state index in [0.717, 1.165) is 49.0 Å². The minimum atomic E-state index is -1.84. The summed E-state index contributed by atoms with van der Waals surface area (Å²) >= 11 is 7.22. The lowest BCUT2D eigenvalue weighted by atomic mass is 9.88. The van der Waals surface area contributed by atoms with Crippen molar-refractivity contribution in [3.05, 3.63) is 208 Å². The van der Waals surface area contributed by atoms with E-state index in [4.69, 9.17) is 23.1 Å². The van der Waals surface area contributed by atoms with E-state index in [-0.39, 0.29) is 132 Å². The number of thioether (sulfide) groups is 1. The van der Waals surface area contributed by atoms with Crippen LogP contribution in [0.2, 0.25) is 5.02 Å². The first-order valence-electron chi connectivity index (χ1n) is 49.7. The van der Waals surface area contributed by atoms with E-state index in [0.29, 0.717) is 58.8 Å². The van der Waals surface area contributed by atoms with Gasteiger partial charge in [-0.15, -0.1) is 11.8 Å². The number of likely N-dealkylation sites (tertiary alicyclic amines) is 2. The Morgan fingerprint density at radius 3 is 1.89 bits per heavy atom. The predicted octanol–water partition coefficient (Wildman–Crippen LogP) is 6.18. The SMILES string of the molecule is CC(=O)C[C@H](Cc1ccc2ccccc2c1)C(=O)N[C@H](Cc1ccc(Cl)cc1)C(=O)C[C@H](Cc1cccnc1)C(=O)N[C@@H](CO)C(=O)N(C)[C@@H](Cc1ccc(O)cc1)C(=O)N[C@H](CC(N)=O)C(=O)C[C@@H](CC(C)C)C(=O)N[C@@H](CCCCNC(C)C)C(=O)N1CCC[C@H]1C(=O)N[C@H](C)C(=O)CCC(=O)NCC(=O)C[C@@H](CSC1CC(=O)N(CCC(=O)NCCC(=O)N2Cc3ccccc3C#Cc3ccccc32)C1=O)C(N)=O. The van der Waals surface area contributed by atoms with Crippen molar-refractivity contribution in [3.63, 3.8) is 0 Å². The largest absolute Gasteiger partial charge is 0.508 e. The van der Waals surface area contributed by atoms with Gasteiger partial charge in [0.25, 0.3) is 0 Å². The summed E-state index contributed by atoms with van der Waals surface area (Å²) in [6, 6.07) is 33.4. The van der Waals surface area contributed by atoms with Crippen LogP contribution in [-0.2, 0) is 123 Å². The molecule has 10 rings (SSSR count). The Balaban J connectivity index is 0.729. The van der Waals surface area contributed by atoms with Crippen LogP contribution in [0.4, 0.5) is 5.69 Å². The van der Waals surface area contributed by atoms with Gasteiger partial charge in [-0.3, -0.25) is 96.2 Å². The molecule has 2 saturated heterocycles. The van der Waals surface area contributed by atoms with Crippen LogP contribution in [0.1, 0.15) is 183 Å². The number of nitrogens with zero attached hydrogens (tertiary/aromatic N) is 5. The minimum absolute atomic E-state index is 0.0129. The first kappa shape index (κ1) is 115. The normalized spacial score (nSPS) is 15.8. The second kappa shape index (κ2) is 56.5. The van der Waals surface area contributed by atoms with Crippen molar-refractivity contribution >= 4 is 151 Å². The van der Waals surface area contributed by atoms with Gasteiger partial charge in [0.1, 0.15) is 35.7 Å². The van der Waals surface area contributed by atoms with Crippen molar-refractivity contribution in [2.75, 3.05) is 57.0 Å². The first-order valence-corrected chi connectivity index (χ1v) is 51.1. The highest BCUT2D eigenvalue weighted by Gasteiger charge is 2.44. The highest BCUT2D eigenvalue weighted by Crippen LogP contribution is 2.32. The van der Waals surface area contributed by atoms with Crippen molar-refractivity contribution < 1.29 is 101 Å². The number of Topliss-reactive ketones (excluding diaryl/α,β-unsaturated/α-hetero) is 5. The van der Waals surface area contributed by atoms with E-state index in [1.54, 1.807) is 61.2 Å². The maximum Gasteiger partial charge on any atom is 0.247 e. The number of nitrogens with two attached hydrogens (primary N) is 2. The number of nitrogens with one attached hydrogen (secondary N) is 8. The molecule has 12 atom stereocenters. The molecule has 3 aliphatic rings. The topological polar surface area (TPSA) is 539 Å². The number of pyridine rings is 1. The second-order valence-corrected chi connectivity index (χ2v) is 40.1. The molecular formula is C109H132ClN15O21S. The summed E-state index contributed by atoms with van der Waals surface area (Å²) in [5.74, 6) is -12.3. The maximum atomic E-state index is 15.2. The number of para-hydroxylation sites is 1. The van der Waals surface area contributed by atoms with Crippen LogP contribution < -0.4 is 58.9 Å². The number of aromatic nitrogens is 1. The summed E-state index contributed by atoms with van der Waals surface area (Å²) in [7, 11) is 1.19. The zero-order valence-corrected chi connectivity index (χ0v) is 85.4. The van der Waals surface area contributed by atoms with Crippen LogP contribution in [0.15, 0.2) is 164 Å². The van der Waals surface area contributed by atoms with E-state index in [1.165, 1.54) is 62.5 Å². The summed E-state index contributed by atoms with van der Waals surface area (Å²) in [5.41, 5.74) is 16.6. The number of halogens is 1. The lowest BCUT2D eigenvalue weighted by Gasteiger charge is -2.32. The third kappa shape index (κ3) is 35.3. The molecule has 0 spiro atoms. The van der Waals surface area contributed by atoms with Crippen LogP contribution in [0.3, 0.4) is 0 Å². The molecule has 147 heavy (non-hydrogen) atoms. The summed E-state index contributed by atoms with van der Waals surface area (Å²) in [4.78, 5) is 275. The molecule has 2 fully saturated rings. The number of hydrogen-bond donors (Lipinski definition) is 12. The Morgan fingerprint density at radius 2 is 1.20 bits per heavy atom. The van der Waals surface area contributed by atoms with Crippen molar-refractivity contribution in [3.8, 4) is 17.6 Å². The molecule has 1 aromatic heterocycles. The van der Waals surface area contributed by atoms with Gasteiger partial charge in [-0.1, -0.05) is 154 Å². The molecule has 782 valence electrons. The van der Waals surface area contributed by atoms with Crippen molar-refractivity contribution in [1.82, 2.24) is 62.2 Å². The molecule has 7 aromatic rings. The zero-order chi connectivity index (χ0) is 107. The fraction of sp³-hybridized carbons (Fsp3) is 0.450. The number of benzene rings is 6. The van der Waals surface area contributed by atoms with Gasteiger partial charge in [0.2, 0.25) is 82.7 Å². The van der Waals surface area contributed by atoms with Crippen molar-refractivity contribution in [1.29, 1.82) is 0 Å². The molecule has 0 aliphatic carbocycles. The number of aliphatic hydroxyl groups is 1. The van der Waals surface area contributed by atoms with Crippen LogP contribution in [-0.4, -0.2) is 247 Å². The number of amides is 14. The van der Waals surface area contributed by atoms with E-state index < -0.39 is 223 Å². The van der Waals surface area contributed by atoms with Gasteiger partial charge in [0, 0.05) is 149 Å². The second-order valence-electron chi connectivity index (χ2n) is 38.5. The monoisotopic (exact) mass is 2050 g/mol. The first-order chi connectivity index (χ1) is 70.2. The molecule has 1 unspecified atom stereocenters. The summed E-state index contributed by atoms with van der Waals surface area (Å²) in [5, 5.41) is 44.8. The van der Waals surface area contributed by atoms with Crippen molar-refractivity contribution in [2.45, 2.75) is 230 Å². The Bertz CT molecular complexity index is 6000. The van der Waals surface area contributed by atoms with E-state index in [1.807, 2.05) is 98.8 Å². The van der Waals surface area contributed by atoms with E-state index in [9.17, 15) is 67.7 Å². The number of likely N-dealkylation sites (N-methyl/N-ethyl adjacent to an activating group) is 1. The maximum absolute atomic E-state index is 15.2. The van der Waals surface area contributed by atoms with Gasteiger partial charge in [0.05, 0.1) is 61.1 Å². The quantitative estimate of drug-likeness (QED) is 0.0115. The van der Waals surface area contributed by atoms with E-state index >= 15 is 33.6 Å². The smallest absolute Gasteiger partial charge is 0.247 e. The third-order valence-corrected chi connectivity index (χ3v) is 27.7. The number of primary amides is 2. The molecule has 0 radical (unpaired) electrons. The van der Waals surface area contributed by atoms with Gasteiger partial charge in [-0.2, -0.15) is 0 Å². The average Bonchev–Trinajstić information content (AvgIpc) is 1.53. The lowest BCUT2D eigenvalue weighted by Crippen LogP contribution is -2.58. The van der Waals surface area contributed by atoms with Crippen LogP contribution in [0, 0.1) is 41.4 Å². The van der Waals surface area contributed by atoms with Crippen LogP contribution in [0.25, 0.3) is 10.8 Å². The fourth-order valence-electron chi connectivity index (χ4n) is 18.0. The molecule has 38 heteroatoms. The number of ketones is 5. The zero-order valence-electron chi connectivity index (χ0n) is 83.8. The number of phenolic OH excluding ortho intramolecular Hbond substituents is 1. The number of fused-ring (bicyclic) bond motifs is 3. The molecule has 3 aliphatic heterocycles. The number of hydrogen-bond acceptors (Lipinski definition) is 24. The Kier molecular flexibility index (Phi) is 44.1. The number of carbonyl (C=O) groups is 19. The number of phenols is 1. The van der Waals surface area contributed by atoms with Crippen LogP contribution in [0.5, 0.6) is 5.75 Å². The molecule has 0 bridgehead atoms. The van der Waals surface area contributed by atoms with Gasteiger partial charge in [0.15, 0.2) is 23.1 Å². The Labute approximate surface area is 863 Å². The minimum Gasteiger partial charge on any atom is -0.508 e. The Morgan fingerprint density at radius 1 is 0.585 bits per heavy atom. The van der Waals surface area contributed by atoms with Gasteiger partial charge < -0.3 is 83.7 Å². The van der Waals surface area contributed by atoms with E-state index in [2.05, 4.69) is 59.4 Å². The van der Waals surface area contributed by atoms with Gasteiger partial charge in [-0.25, -0.2) is 0 Å². The summed E-state index contributed by atoms with van der Waals surface area (Å²) < 4.78 is 0. The third-order valence-electron chi connectivity index (χ3n) is 26.1. The van der Waals surface area contributed by atoms with Gasteiger partial charge in [-0.05, 0) is 171 Å². The molecule has 14 N–H and O–H groups in total. The highest BCUT2D eigenvalue weighted by atomic mass is 35.5. The van der Waals surface area contributed by atoms with Gasteiger partial charge >= 0.3 is 0 Å². The number of aliphatic hydroxyl groups excluding tert-OH is 1.